The Balaban J connectivity index is 3.27. The van der Waals surface area contributed by atoms with Crippen LogP contribution in [0.5, 0.6) is 0 Å². The Labute approximate surface area is 75.0 Å². The summed E-state index contributed by atoms with van der Waals surface area (Å²) in [6.45, 7) is 4.72. The van der Waals surface area contributed by atoms with E-state index in [1.54, 1.807) is 0 Å². The molecular weight excluding hydrogens is 234 g/mol. The summed E-state index contributed by atoms with van der Waals surface area (Å²) in [5.74, 6) is 2.99. The number of rotatable bonds is 5. The van der Waals surface area contributed by atoms with Gasteiger partial charge in [0.1, 0.15) is 0 Å². The van der Waals surface area contributed by atoms with Gasteiger partial charge in [-0.15, -0.1) is 26.4 Å². The van der Waals surface area contributed by atoms with Crippen LogP contribution < -0.4 is 0 Å². The summed E-state index contributed by atoms with van der Waals surface area (Å²) in [5, 5.41) is 0. The Morgan fingerprint density at radius 2 is 2.10 bits per heavy atom. The highest BCUT2D eigenvalue weighted by Crippen LogP contribution is 2.66. The molecule has 0 fully saturated rings. The molecule has 6 unspecified atom stereocenters. The van der Waals surface area contributed by atoms with Crippen LogP contribution in [0.15, 0.2) is 0 Å². The SMILES string of the molecule is CPCP(P)CP(C)PP. The highest BCUT2D eigenvalue weighted by molar-refractivity contribution is 8.46. The molecule has 0 aliphatic carbocycles. The van der Waals surface area contributed by atoms with E-state index in [-0.39, 0.29) is 0 Å². The van der Waals surface area contributed by atoms with Crippen LogP contribution in [-0.2, 0) is 0 Å². The second-order valence-electron chi connectivity index (χ2n) is 2.07. The Kier molecular flexibility index (Phi) is 10.3. The summed E-state index contributed by atoms with van der Waals surface area (Å²) in [7, 11) is 8.89. The van der Waals surface area contributed by atoms with Crippen molar-refractivity contribution in [2.24, 2.45) is 0 Å². The van der Waals surface area contributed by atoms with E-state index in [2.05, 4.69) is 31.2 Å². The van der Waals surface area contributed by atoms with Crippen molar-refractivity contribution in [3.63, 3.8) is 0 Å². The van der Waals surface area contributed by atoms with Crippen molar-refractivity contribution in [1.29, 1.82) is 0 Å². The topological polar surface area (TPSA) is 0 Å². The van der Waals surface area contributed by atoms with Crippen LogP contribution in [0.25, 0.3) is 0 Å². The lowest BCUT2D eigenvalue weighted by atomic mass is 11.8. The van der Waals surface area contributed by atoms with Crippen LogP contribution in [0, 0.1) is 0 Å². The quantitative estimate of drug-likeness (QED) is 0.647. The second-order valence-corrected chi connectivity index (χ2v) is 15.6. The van der Waals surface area contributed by atoms with Crippen LogP contribution >= 0.6 is 49.6 Å². The van der Waals surface area contributed by atoms with E-state index in [1.165, 1.54) is 11.8 Å². The predicted octanol–water partition coefficient (Wildman–Crippen LogP) is 3.98. The fourth-order valence-corrected chi connectivity index (χ4v) is 15.9. The molecule has 10 heavy (non-hydrogen) atoms. The van der Waals surface area contributed by atoms with Gasteiger partial charge < -0.3 is 0 Å². The lowest BCUT2D eigenvalue weighted by Gasteiger charge is -2.15. The molecule has 0 spiro atoms. The Bertz CT molecular complexity index is 76.1. The average molecular weight is 250 g/mol. The van der Waals surface area contributed by atoms with E-state index >= 15 is 0 Å². The van der Waals surface area contributed by atoms with Gasteiger partial charge in [0.05, 0.1) is 0 Å². The van der Waals surface area contributed by atoms with Gasteiger partial charge in [0, 0.05) is 0 Å². The first-order chi connectivity index (χ1) is 4.70. The fourth-order valence-electron chi connectivity index (χ4n) is 0.566. The van der Waals surface area contributed by atoms with E-state index in [0.717, 1.165) is 16.5 Å². The standard InChI is InChI=1S/C4H16P6/c1-7-3-10(6)4-9(2)8-5/h7-8H,3-6H2,1-2H3. The molecule has 0 saturated heterocycles. The zero-order chi connectivity index (χ0) is 7.98. The van der Waals surface area contributed by atoms with Gasteiger partial charge in [0.25, 0.3) is 0 Å². The zero-order valence-electron chi connectivity index (χ0n) is 6.46. The van der Waals surface area contributed by atoms with Crippen molar-refractivity contribution >= 4 is 49.6 Å². The molecule has 0 N–H and O–H groups in total. The van der Waals surface area contributed by atoms with E-state index < -0.39 is 0 Å². The summed E-state index contributed by atoms with van der Waals surface area (Å²) in [5.41, 5.74) is 0. The molecule has 0 radical (unpaired) electrons. The minimum absolute atomic E-state index is 0.326. The minimum atomic E-state index is 0.326. The van der Waals surface area contributed by atoms with E-state index in [0.29, 0.717) is 15.2 Å². The zero-order valence-corrected chi connectivity index (χ0v) is 12.6. The van der Waals surface area contributed by atoms with E-state index in [4.69, 9.17) is 0 Å². The molecule has 0 aliphatic heterocycles. The molecule has 0 heterocycles. The molecule has 6 heteroatoms. The van der Waals surface area contributed by atoms with Gasteiger partial charge in [-0.25, -0.2) is 0 Å². The minimum Gasteiger partial charge on any atom is -0.121 e. The monoisotopic (exact) mass is 250 g/mol. The molecule has 0 rings (SSSR count). The van der Waals surface area contributed by atoms with Gasteiger partial charge in [0.15, 0.2) is 0 Å². The van der Waals surface area contributed by atoms with Crippen molar-refractivity contribution in [1.82, 2.24) is 0 Å². The van der Waals surface area contributed by atoms with Crippen LogP contribution in [-0.4, -0.2) is 25.1 Å². The third-order valence-corrected chi connectivity index (χ3v) is 17.1. The van der Waals surface area contributed by atoms with Crippen molar-refractivity contribution in [2.45, 2.75) is 0 Å². The Hall–Kier alpha value is 2.58. The third kappa shape index (κ3) is 7.24. The Morgan fingerprint density at radius 1 is 1.50 bits per heavy atom. The van der Waals surface area contributed by atoms with Crippen LogP contribution in [0.1, 0.15) is 0 Å². The van der Waals surface area contributed by atoms with Gasteiger partial charge in [-0.05, 0) is 25.1 Å². The highest BCUT2D eigenvalue weighted by Gasteiger charge is 2.04. The van der Waals surface area contributed by atoms with Gasteiger partial charge in [-0.3, -0.25) is 0 Å². The number of hydrogen-bond acceptors (Lipinski definition) is 0. The maximum absolute atomic E-state index is 3.04. The Morgan fingerprint density at radius 3 is 2.50 bits per heavy atom. The molecule has 0 amide bonds. The van der Waals surface area contributed by atoms with Crippen molar-refractivity contribution in [2.75, 3.05) is 25.1 Å². The summed E-state index contributed by atoms with van der Waals surface area (Å²) in [4.78, 5) is 0. The lowest BCUT2D eigenvalue weighted by molar-refractivity contribution is 2.03. The predicted molar refractivity (Wildman–Crippen MR) is 71.5 cm³/mol. The smallest absolute Gasteiger partial charge is 0.00464 e. The molecule has 6 atom stereocenters. The van der Waals surface area contributed by atoms with Crippen molar-refractivity contribution in [3.05, 3.63) is 0 Å². The molecule has 0 saturated carbocycles. The molecule has 62 valence electrons. The average Bonchev–Trinajstić information content (AvgIpc) is 1.88. The molecule has 0 nitrogen and oxygen atoms in total. The van der Waals surface area contributed by atoms with E-state index in [9.17, 15) is 0 Å². The van der Waals surface area contributed by atoms with Crippen molar-refractivity contribution < 1.29 is 0 Å². The normalized spacial score (nSPS) is 19.2. The second kappa shape index (κ2) is 8.19. The first kappa shape index (κ1) is 12.6. The highest BCUT2D eigenvalue weighted by atomic mass is 32.4. The maximum Gasteiger partial charge on any atom is -0.00464 e. The molecule has 0 aromatic carbocycles. The molecule has 0 aromatic rings. The van der Waals surface area contributed by atoms with Gasteiger partial charge in [-0.1, -0.05) is 23.2 Å². The molecular formula is C4H16P6. The summed E-state index contributed by atoms with van der Waals surface area (Å²) in [6.07, 6.45) is 0. The first-order valence-electron chi connectivity index (χ1n) is 3.02. The molecule has 0 aromatic heterocycles. The van der Waals surface area contributed by atoms with Gasteiger partial charge in [0.2, 0.25) is 0 Å². The first-order valence-corrected chi connectivity index (χ1v) is 13.7. The molecule has 0 aliphatic rings. The van der Waals surface area contributed by atoms with Crippen LogP contribution in [0.3, 0.4) is 0 Å². The number of hydrogen-bond donors (Lipinski definition) is 0. The van der Waals surface area contributed by atoms with Gasteiger partial charge in [-0.2, -0.15) is 0 Å². The maximum atomic E-state index is 3.04. The van der Waals surface area contributed by atoms with Crippen molar-refractivity contribution in [3.8, 4) is 0 Å². The molecule has 0 bridgehead atoms. The lowest BCUT2D eigenvalue weighted by Crippen LogP contribution is -1.72. The summed E-state index contributed by atoms with van der Waals surface area (Å²) < 4.78 is 0. The summed E-state index contributed by atoms with van der Waals surface area (Å²) >= 11 is 0. The third-order valence-electron chi connectivity index (χ3n) is 0.975. The van der Waals surface area contributed by atoms with E-state index in [1.807, 2.05) is 0 Å². The van der Waals surface area contributed by atoms with Gasteiger partial charge >= 0.3 is 0 Å². The summed E-state index contributed by atoms with van der Waals surface area (Å²) in [6, 6.07) is 0. The van der Waals surface area contributed by atoms with Crippen LogP contribution in [0.2, 0.25) is 0 Å². The fraction of sp³-hybridized carbons (Fsp3) is 1.00. The largest absolute Gasteiger partial charge is 0.121 e. The van der Waals surface area contributed by atoms with Crippen LogP contribution in [0.4, 0.5) is 0 Å².